The molecular weight excluding hydrogens is 570 g/mol. The fourth-order valence-electron chi connectivity index (χ4n) is 4.45. The maximum atomic E-state index is 13.6. The summed E-state index contributed by atoms with van der Waals surface area (Å²) in [6, 6.07) is 22.4. The maximum absolute atomic E-state index is 13.6. The molecule has 1 amide bonds. The first-order chi connectivity index (χ1) is 20.9. The van der Waals surface area contributed by atoms with Gasteiger partial charge in [-0.2, -0.15) is 0 Å². The molecular formula is C31H29N5O6S. The molecule has 0 aliphatic carbocycles. The molecule has 4 aromatic rings. The lowest BCUT2D eigenvalue weighted by molar-refractivity contribution is -0.392. The van der Waals surface area contributed by atoms with Gasteiger partial charge in [0.25, 0.3) is 5.91 Å². The monoisotopic (exact) mass is 599 g/mol. The summed E-state index contributed by atoms with van der Waals surface area (Å²) < 4.78 is 18.1. The van der Waals surface area contributed by atoms with Crippen LogP contribution in [0.1, 0.15) is 17.0 Å². The Bertz CT molecular complexity index is 1680. The Morgan fingerprint density at radius 2 is 1.77 bits per heavy atom. The molecule has 0 atom stereocenters. The Balaban J connectivity index is 1.32. The summed E-state index contributed by atoms with van der Waals surface area (Å²) in [6.07, 6.45) is 3.06. The Kier molecular flexibility index (Phi) is 9.06. The molecule has 1 aliphatic heterocycles. The molecule has 1 fully saturated rings. The van der Waals surface area contributed by atoms with E-state index in [0.29, 0.717) is 46.2 Å². The number of amidine groups is 1. The first kappa shape index (κ1) is 29.4. The molecule has 0 unspecified atom stereocenters. The average molecular weight is 600 g/mol. The quantitative estimate of drug-likeness (QED) is 0.117. The van der Waals surface area contributed by atoms with Crippen molar-refractivity contribution in [3.05, 3.63) is 111 Å². The van der Waals surface area contributed by atoms with E-state index < -0.39 is 4.92 Å². The smallest absolute Gasteiger partial charge is 0.342 e. The molecule has 5 rings (SSSR count). The van der Waals surface area contributed by atoms with Crippen LogP contribution in [0.15, 0.2) is 88.9 Å². The van der Waals surface area contributed by atoms with Gasteiger partial charge in [-0.25, -0.2) is 14.5 Å². The molecule has 0 spiro atoms. The molecule has 12 heteroatoms. The van der Waals surface area contributed by atoms with Gasteiger partial charge in [-0.3, -0.25) is 9.69 Å². The lowest BCUT2D eigenvalue weighted by Gasteiger charge is -2.17. The zero-order chi connectivity index (χ0) is 30.3. The molecule has 0 bridgehead atoms. The van der Waals surface area contributed by atoms with E-state index in [4.69, 9.17) is 19.2 Å². The van der Waals surface area contributed by atoms with Crippen LogP contribution >= 0.6 is 11.8 Å². The number of carbonyl (C=O) groups is 1. The van der Waals surface area contributed by atoms with Gasteiger partial charge < -0.3 is 24.3 Å². The number of hydrogen-bond donors (Lipinski definition) is 0. The Morgan fingerprint density at radius 1 is 1.02 bits per heavy atom. The molecule has 220 valence electrons. The fourth-order valence-corrected chi connectivity index (χ4v) is 5.45. The van der Waals surface area contributed by atoms with Crippen LogP contribution in [0.5, 0.6) is 17.2 Å². The van der Waals surface area contributed by atoms with E-state index in [1.165, 1.54) is 22.5 Å². The van der Waals surface area contributed by atoms with Crippen molar-refractivity contribution in [2.75, 3.05) is 20.8 Å². The highest BCUT2D eigenvalue weighted by Gasteiger charge is 2.33. The number of nitro groups is 1. The van der Waals surface area contributed by atoms with E-state index >= 15 is 0 Å². The molecule has 1 saturated heterocycles. The van der Waals surface area contributed by atoms with Gasteiger partial charge in [0.1, 0.15) is 25.1 Å². The number of methoxy groups -OCH3 is 2. The second-order valence-electron chi connectivity index (χ2n) is 9.41. The van der Waals surface area contributed by atoms with E-state index in [0.717, 1.165) is 16.8 Å². The van der Waals surface area contributed by atoms with Crippen molar-refractivity contribution in [3.8, 4) is 17.2 Å². The molecule has 2 heterocycles. The SMILES string of the molecule is COc1ccc(CN2C(=O)/C(=C/c3ccc(OCCn4c([N+](=O)[O-])cnc4C)cc3)SC2=Nc2ccccc2)cc1OC. The van der Waals surface area contributed by atoms with Gasteiger partial charge in [0.05, 0.1) is 31.4 Å². The van der Waals surface area contributed by atoms with Crippen molar-refractivity contribution in [1.29, 1.82) is 0 Å². The van der Waals surface area contributed by atoms with Gasteiger partial charge in [0, 0.05) is 6.92 Å². The largest absolute Gasteiger partial charge is 0.493 e. The van der Waals surface area contributed by atoms with E-state index in [1.807, 2.05) is 66.7 Å². The number of ether oxygens (including phenoxy) is 3. The molecule has 1 aromatic heterocycles. The highest BCUT2D eigenvalue weighted by Crippen LogP contribution is 2.36. The zero-order valence-corrected chi connectivity index (χ0v) is 24.6. The average Bonchev–Trinajstić information content (AvgIpc) is 3.53. The van der Waals surface area contributed by atoms with E-state index in [-0.39, 0.29) is 18.3 Å². The number of para-hydroxylation sites is 1. The Labute approximate surface area is 252 Å². The summed E-state index contributed by atoms with van der Waals surface area (Å²) in [6.45, 7) is 2.54. The minimum absolute atomic E-state index is 0.0721. The molecule has 43 heavy (non-hydrogen) atoms. The first-order valence-corrected chi connectivity index (χ1v) is 14.1. The van der Waals surface area contributed by atoms with Gasteiger partial charge in [-0.1, -0.05) is 36.4 Å². The number of aliphatic imine (C=N–C) groups is 1. The van der Waals surface area contributed by atoms with Crippen molar-refractivity contribution in [2.24, 2.45) is 4.99 Å². The highest BCUT2D eigenvalue weighted by molar-refractivity contribution is 8.18. The van der Waals surface area contributed by atoms with Crippen LogP contribution < -0.4 is 14.2 Å². The molecule has 0 N–H and O–H groups in total. The molecule has 1 aliphatic rings. The van der Waals surface area contributed by atoms with Crippen LogP contribution in [-0.4, -0.2) is 51.3 Å². The van der Waals surface area contributed by atoms with Gasteiger partial charge in [0.15, 0.2) is 22.5 Å². The first-order valence-electron chi connectivity index (χ1n) is 13.3. The third-order valence-electron chi connectivity index (χ3n) is 6.64. The Morgan fingerprint density at radius 3 is 2.47 bits per heavy atom. The van der Waals surface area contributed by atoms with E-state index in [1.54, 1.807) is 38.2 Å². The van der Waals surface area contributed by atoms with Crippen molar-refractivity contribution >= 4 is 40.4 Å². The van der Waals surface area contributed by atoms with Crippen LogP contribution in [0.3, 0.4) is 0 Å². The number of benzene rings is 3. The van der Waals surface area contributed by atoms with Crippen molar-refractivity contribution in [1.82, 2.24) is 14.5 Å². The van der Waals surface area contributed by atoms with Crippen molar-refractivity contribution in [2.45, 2.75) is 20.0 Å². The number of amides is 1. The Hall–Kier alpha value is -5.10. The third-order valence-corrected chi connectivity index (χ3v) is 7.65. The van der Waals surface area contributed by atoms with Crippen molar-refractivity contribution in [3.63, 3.8) is 0 Å². The number of aromatic nitrogens is 2. The van der Waals surface area contributed by atoms with Gasteiger partial charge in [-0.05, 0) is 70.3 Å². The molecule has 3 aromatic carbocycles. The standard InChI is InChI=1S/C31H29N5O6S/c1-21-32-19-29(36(38)39)34(21)15-16-42-25-12-9-22(10-13-25)18-28-30(37)35(31(43-28)33-24-7-5-4-6-8-24)20-23-11-14-26(40-2)27(17-23)41-3/h4-14,17-19H,15-16,20H2,1-3H3/b28-18-,33-31?. The van der Waals surface area contributed by atoms with Gasteiger partial charge >= 0.3 is 5.82 Å². The van der Waals surface area contributed by atoms with Crippen LogP contribution in [0.2, 0.25) is 0 Å². The third kappa shape index (κ3) is 6.87. The van der Waals surface area contributed by atoms with Gasteiger partial charge in [-0.15, -0.1) is 0 Å². The maximum Gasteiger partial charge on any atom is 0.342 e. The van der Waals surface area contributed by atoms with Crippen molar-refractivity contribution < 1.29 is 23.9 Å². The number of carbonyl (C=O) groups excluding carboxylic acids is 1. The number of nitrogens with zero attached hydrogens (tertiary/aromatic N) is 5. The number of aryl methyl sites for hydroxylation is 1. The lowest BCUT2D eigenvalue weighted by atomic mass is 10.1. The summed E-state index contributed by atoms with van der Waals surface area (Å²) in [4.78, 5) is 35.3. The highest BCUT2D eigenvalue weighted by atomic mass is 32.2. The second-order valence-corrected chi connectivity index (χ2v) is 10.4. The number of imidazole rings is 1. The summed E-state index contributed by atoms with van der Waals surface area (Å²) in [5.74, 6) is 2.11. The number of hydrogen-bond acceptors (Lipinski definition) is 9. The van der Waals surface area contributed by atoms with E-state index in [2.05, 4.69) is 4.98 Å². The van der Waals surface area contributed by atoms with Crippen LogP contribution in [0.4, 0.5) is 11.5 Å². The van der Waals surface area contributed by atoms with Crippen LogP contribution in [-0.2, 0) is 17.9 Å². The minimum atomic E-state index is -0.463. The molecule has 0 radical (unpaired) electrons. The lowest BCUT2D eigenvalue weighted by Crippen LogP contribution is -2.28. The predicted molar refractivity (Wildman–Crippen MR) is 165 cm³/mol. The number of rotatable bonds is 11. The predicted octanol–water partition coefficient (Wildman–Crippen LogP) is 6.00. The summed E-state index contributed by atoms with van der Waals surface area (Å²) in [5, 5.41) is 11.8. The molecule has 11 nitrogen and oxygen atoms in total. The summed E-state index contributed by atoms with van der Waals surface area (Å²) in [7, 11) is 3.15. The van der Waals surface area contributed by atoms with E-state index in [9.17, 15) is 14.9 Å². The zero-order valence-electron chi connectivity index (χ0n) is 23.8. The second kappa shape index (κ2) is 13.3. The topological polar surface area (TPSA) is 121 Å². The molecule has 0 saturated carbocycles. The van der Waals surface area contributed by atoms with Crippen LogP contribution in [0.25, 0.3) is 6.08 Å². The fraction of sp³-hybridized carbons (Fsp3) is 0.194. The summed E-state index contributed by atoms with van der Waals surface area (Å²) >= 11 is 1.31. The normalized spacial score (nSPS) is 14.9. The van der Waals surface area contributed by atoms with Gasteiger partial charge in [0.2, 0.25) is 0 Å². The van der Waals surface area contributed by atoms with Crippen LogP contribution in [0, 0.1) is 17.0 Å². The number of thioether (sulfide) groups is 1. The summed E-state index contributed by atoms with van der Waals surface area (Å²) in [5.41, 5.74) is 2.43. The minimum Gasteiger partial charge on any atom is -0.493 e.